The van der Waals surface area contributed by atoms with Crippen molar-refractivity contribution in [3.8, 4) is 5.75 Å². The molecule has 1 aliphatic heterocycles. The number of amides is 1. The molecule has 0 unspecified atom stereocenters. The number of aryl methyl sites for hydroxylation is 1. The van der Waals surface area contributed by atoms with E-state index in [9.17, 15) is 9.90 Å². The number of rotatable bonds is 5. The number of carbonyl (C=O) groups is 1. The largest absolute Gasteiger partial charge is 0.508 e. The first-order chi connectivity index (χ1) is 17.2. The van der Waals surface area contributed by atoms with Crippen molar-refractivity contribution < 1.29 is 9.90 Å². The maximum absolute atomic E-state index is 12.8. The summed E-state index contributed by atoms with van der Waals surface area (Å²) in [6, 6.07) is 12.9. The van der Waals surface area contributed by atoms with E-state index in [1.54, 1.807) is 36.1 Å². The Balaban J connectivity index is 1.69. The lowest BCUT2D eigenvalue weighted by Crippen LogP contribution is -2.41. The lowest BCUT2D eigenvalue weighted by atomic mass is 9.99. The molecule has 4 rings (SSSR count). The number of halogens is 1. The van der Waals surface area contributed by atoms with Crippen LogP contribution in [0.3, 0.4) is 0 Å². The van der Waals surface area contributed by atoms with Crippen molar-refractivity contribution in [2.45, 2.75) is 33.2 Å². The molecule has 10 heteroatoms. The van der Waals surface area contributed by atoms with Gasteiger partial charge in [0.2, 0.25) is 5.91 Å². The molecule has 36 heavy (non-hydrogen) atoms. The molecule has 1 atom stereocenters. The van der Waals surface area contributed by atoms with Crippen molar-refractivity contribution in [3.63, 3.8) is 0 Å². The third-order valence-corrected chi connectivity index (χ3v) is 7.22. The molecule has 1 aromatic heterocycles. The number of thiophene rings is 1. The molecule has 8 nitrogen and oxygen atoms in total. The van der Waals surface area contributed by atoms with E-state index in [4.69, 9.17) is 27.4 Å². The summed E-state index contributed by atoms with van der Waals surface area (Å²) in [6.07, 6.45) is 1.34. The number of phenolic OH excluding ortho intramolecular Hbond substituents is 1. The smallest absolute Gasteiger partial charge is 0.242 e. The third-order valence-electron chi connectivity index (χ3n) is 5.78. The second-order valence-electron chi connectivity index (χ2n) is 8.36. The highest BCUT2D eigenvalue weighted by Gasteiger charge is 2.34. The van der Waals surface area contributed by atoms with Gasteiger partial charge in [-0.15, -0.1) is 11.3 Å². The van der Waals surface area contributed by atoms with Crippen LogP contribution in [0.25, 0.3) is 0 Å². The van der Waals surface area contributed by atoms with Gasteiger partial charge in [-0.2, -0.15) is 5.10 Å². The van der Waals surface area contributed by atoms with Crippen LogP contribution in [0.5, 0.6) is 5.75 Å². The summed E-state index contributed by atoms with van der Waals surface area (Å²) in [5.41, 5.74) is 6.54. The van der Waals surface area contributed by atoms with Crippen molar-refractivity contribution in [3.05, 3.63) is 80.7 Å². The summed E-state index contributed by atoms with van der Waals surface area (Å²) in [4.78, 5) is 20.3. The van der Waals surface area contributed by atoms with Crippen LogP contribution in [-0.4, -0.2) is 40.7 Å². The van der Waals surface area contributed by atoms with E-state index in [-0.39, 0.29) is 23.8 Å². The molecule has 4 N–H and O–H groups in total. The van der Waals surface area contributed by atoms with Crippen molar-refractivity contribution >= 4 is 57.4 Å². The zero-order chi connectivity index (χ0) is 26.0. The average Bonchev–Trinajstić information content (AvgIpc) is 3.05. The van der Waals surface area contributed by atoms with Gasteiger partial charge in [-0.25, -0.2) is 5.43 Å². The number of amidine groups is 2. The number of benzene rings is 2. The summed E-state index contributed by atoms with van der Waals surface area (Å²) in [7, 11) is 0. The Hall–Kier alpha value is -3.82. The monoisotopic (exact) mass is 520 g/mol. The van der Waals surface area contributed by atoms with Gasteiger partial charge in [0.15, 0.2) is 0 Å². The van der Waals surface area contributed by atoms with E-state index in [1.165, 1.54) is 29.7 Å². The summed E-state index contributed by atoms with van der Waals surface area (Å²) < 4.78 is 0. The molecule has 184 valence electrons. The van der Waals surface area contributed by atoms with Crippen LogP contribution in [0.15, 0.2) is 58.6 Å². The quantitative estimate of drug-likeness (QED) is 0.208. The molecule has 0 saturated carbocycles. The Bertz CT molecular complexity index is 1390. The standard InChI is InChI=1S/C26H25ClN6O2S/c1-14-15(2)36-26-23(14)24(18-6-8-19(27)9-7-18)31-21(25(29)33(26)16(3)28)12-22(35)32-30-13-17-4-10-20(34)11-5-17/h4-11,13,21,28-29,34H,12H2,1-3H3,(H,32,35)/b28-16?,29-25?,30-13-/t21-/m0/s1. The molecule has 0 radical (unpaired) electrons. The van der Waals surface area contributed by atoms with Gasteiger partial charge in [-0.05, 0) is 68.3 Å². The molecule has 0 aliphatic carbocycles. The number of anilines is 1. The summed E-state index contributed by atoms with van der Waals surface area (Å²) in [5.74, 6) is -0.0559. The minimum Gasteiger partial charge on any atom is -0.508 e. The minimum atomic E-state index is -0.834. The Morgan fingerprint density at radius 1 is 1.22 bits per heavy atom. The van der Waals surface area contributed by atoms with E-state index in [0.717, 1.165) is 26.6 Å². The molecule has 0 spiro atoms. The predicted molar refractivity (Wildman–Crippen MR) is 147 cm³/mol. The molecule has 3 aromatic rings. The fourth-order valence-corrected chi connectivity index (χ4v) is 5.20. The van der Waals surface area contributed by atoms with Gasteiger partial charge in [-0.3, -0.25) is 25.5 Å². The van der Waals surface area contributed by atoms with Crippen molar-refractivity contribution in [2.75, 3.05) is 4.90 Å². The summed E-state index contributed by atoms with van der Waals surface area (Å²) >= 11 is 7.62. The molecule has 0 saturated heterocycles. The second kappa shape index (κ2) is 10.4. The zero-order valence-corrected chi connectivity index (χ0v) is 21.5. The SMILES string of the molecule is CC(=N)N1C(=N)[C@H](CC(=O)N/N=C\c2ccc(O)cc2)N=C(c2ccc(Cl)cc2)c2c1sc(C)c2C. The van der Waals surface area contributed by atoms with Gasteiger partial charge in [0.05, 0.1) is 18.3 Å². The first-order valence-electron chi connectivity index (χ1n) is 11.1. The lowest BCUT2D eigenvalue weighted by Gasteiger charge is -2.24. The molecule has 2 heterocycles. The summed E-state index contributed by atoms with van der Waals surface area (Å²) in [5, 5.41) is 32.0. The molecule has 2 aromatic carbocycles. The van der Waals surface area contributed by atoms with Gasteiger partial charge in [0.25, 0.3) is 0 Å². The van der Waals surface area contributed by atoms with Crippen molar-refractivity contribution in [1.82, 2.24) is 5.43 Å². The number of aliphatic imine (C=N–C) groups is 1. The Morgan fingerprint density at radius 2 is 1.89 bits per heavy atom. The number of nitrogens with one attached hydrogen (secondary N) is 3. The van der Waals surface area contributed by atoms with E-state index in [1.807, 2.05) is 26.0 Å². The van der Waals surface area contributed by atoms with Gasteiger partial charge < -0.3 is 5.11 Å². The van der Waals surface area contributed by atoms with Crippen LogP contribution < -0.4 is 10.3 Å². The molecule has 1 aliphatic rings. The van der Waals surface area contributed by atoms with E-state index in [2.05, 4.69) is 10.5 Å². The Morgan fingerprint density at radius 3 is 2.53 bits per heavy atom. The lowest BCUT2D eigenvalue weighted by molar-refractivity contribution is -0.121. The topological polar surface area (TPSA) is 125 Å². The minimum absolute atomic E-state index is 0.0478. The number of carbonyl (C=O) groups excluding carboxylic acids is 1. The van der Waals surface area contributed by atoms with Crippen molar-refractivity contribution in [2.24, 2.45) is 10.1 Å². The molecule has 0 fully saturated rings. The average molecular weight is 521 g/mol. The number of hydrazone groups is 1. The highest BCUT2D eigenvalue weighted by Crippen LogP contribution is 2.40. The number of hydrogen-bond donors (Lipinski definition) is 4. The van der Waals surface area contributed by atoms with E-state index in [0.29, 0.717) is 16.3 Å². The number of aromatic hydroxyl groups is 1. The molecular formula is C26H25ClN6O2S. The van der Waals surface area contributed by atoms with E-state index >= 15 is 0 Å². The third kappa shape index (κ3) is 5.22. The molecule has 1 amide bonds. The Labute approximate surface area is 218 Å². The van der Waals surface area contributed by atoms with Crippen LogP contribution in [-0.2, 0) is 4.79 Å². The fourth-order valence-electron chi connectivity index (χ4n) is 3.85. The normalized spacial score (nSPS) is 15.4. The highest BCUT2D eigenvalue weighted by molar-refractivity contribution is 7.17. The van der Waals surface area contributed by atoms with Crippen molar-refractivity contribution in [1.29, 1.82) is 10.8 Å². The first kappa shape index (κ1) is 25.3. The Kier molecular flexibility index (Phi) is 7.32. The number of hydrogen-bond acceptors (Lipinski definition) is 7. The van der Waals surface area contributed by atoms with Gasteiger partial charge in [0, 0.05) is 21.0 Å². The van der Waals surface area contributed by atoms with Crippen LogP contribution in [0.1, 0.15) is 40.5 Å². The predicted octanol–water partition coefficient (Wildman–Crippen LogP) is 5.26. The van der Waals surface area contributed by atoms with Crippen LogP contribution in [0, 0.1) is 24.7 Å². The van der Waals surface area contributed by atoms with E-state index < -0.39 is 11.9 Å². The highest BCUT2D eigenvalue weighted by atomic mass is 35.5. The fraction of sp³-hybridized carbons (Fsp3) is 0.192. The van der Waals surface area contributed by atoms with Crippen LogP contribution in [0.2, 0.25) is 5.02 Å². The van der Waals surface area contributed by atoms with Gasteiger partial charge in [-0.1, -0.05) is 23.7 Å². The number of fused-ring (bicyclic) bond motifs is 1. The number of nitrogens with zero attached hydrogens (tertiary/aromatic N) is 3. The molecular weight excluding hydrogens is 496 g/mol. The second-order valence-corrected chi connectivity index (χ2v) is 10.00. The summed E-state index contributed by atoms with van der Waals surface area (Å²) in [6.45, 7) is 5.63. The first-order valence-corrected chi connectivity index (χ1v) is 12.3. The maximum Gasteiger partial charge on any atom is 0.242 e. The number of phenols is 1. The van der Waals surface area contributed by atoms with Crippen LogP contribution in [0.4, 0.5) is 5.00 Å². The van der Waals surface area contributed by atoms with Gasteiger partial charge in [0.1, 0.15) is 28.5 Å². The zero-order valence-electron chi connectivity index (χ0n) is 20.0. The maximum atomic E-state index is 12.8. The van der Waals surface area contributed by atoms with Gasteiger partial charge >= 0.3 is 0 Å². The van der Waals surface area contributed by atoms with Crippen LogP contribution >= 0.6 is 22.9 Å². The molecule has 0 bridgehead atoms.